The Hall–Kier alpha value is -3.32. The molecule has 0 radical (unpaired) electrons. The predicted octanol–water partition coefficient (Wildman–Crippen LogP) is 4.45. The van der Waals surface area contributed by atoms with E-state index < -0.39 is 5.91 Å². The minimum Gasteiger partial charge on any atom is -0.497 e. The lowest BCUT2D eigenvalue weighted by Crippen LogP contribution is -2.15. The summed E-state index contributed by atoms with van der Waals surface area (Å²) >= 11 is 6.12. The zero-order chi connectivity index (χ0) is 20.1. The molecule has 0 saturated heterocycles. The summed E-state index contributed by atoms with van der Waals surface area (Å²) in [6, 6.07) is 13.9. The van der Waals surface area contributed by atoms with Crippen molar-refractivity contribution in [2.75, 3.05) is 24.9 Å². The summed E-state index contributed by atoms with van der Waals surface area (Å²) in [6.45, 7) is 1.90. The molecule has 1 amide bonds. The van der Waals surface area contributed by atoms with Crippen molar-refractivity contribution in [2.24, 2.45) is 0 Å². The van der Waals surface area contributed by atoms with Crippen molar-refractivity contribution in [2.45, 2.75) is 6.92 Å². The largest absolute Gasteiger partial charge is 0.497 e. The fourth-order valence-electron chi connectivity index (χ4n) is 2.49. The molecule has 8 heteroatoms. The molecule has 0 aliphatic rings. The first kappa shape index (κ1) is 19.4. The van der Waals surface area contributed by atoms with Crippen LogP contribution in [0.25, 0.3) is 0 Å². The van der Waals surface area contributed by atoms with Crippen molar-refractivity contribution < 1.29 is 14.3 Å². The molecule has 1 heterocycles. The number of hydrogen-bond acceptors (Lipinski definition) is 6. The molecule has 0 spiro atoms. The second kappa shape index (κ2) is 8.58. The van der Waals surface area contributed by atoms with Crippen LogP contribution in [0.5, 0.6) is 11.5 Å². The highest BCUT2D eigenvalue weighted by Crippen LogP contribution is 2.29. The van der Waals surface area contributed by atoms with Crippen molar-refractivity contribution in [1.29, 1.82) is 0 Å². The van der Waals surface area contributed by atoms with Gasteiger partial charge in [0, 0.05) is 16.8 Å². The molecular weight excluding hydrogens is 380 g/mol. The lowest BCUT2D eigenvalue weighted by molar-refractivity contribution is 0.102. The van der Waals surface area contributed by atoms with E-state index >= 15 is 0 Å². The summed E-state index contributed by atoms with van der Waals surface area (Å²) in [5.41, 5.74) is 2.40. The van der Waals surface area contributed by atoms with Gasteiger partial charge in [-0.1, -0.05) is 17.7 Å². The maximum Gasteiger partial charge on any atom is 0.276 e. The van der Waals surface area contributed by atoms with Gasteiger partial charge in [-0.25, -0.2) is 0 Å². The van der Waals surface area contributed by atoms with Gasteiger partial charge in [-0.2, -0.15) is 0 Å². The smallest absolute Gasteiger partial charge is 0.276 e. The Morgan fingerprint density at radius 1 is 1.00 bits per heavy atom. The van der Waals surface area contributed by atoms with E-state index in [0.717, 1.165) is 11.3 Å². The quantitative estimate of drug-likeness (QED) is 0.638. The summed E-state index contributed by atoms with van der Waals surface area (Å²) in [4.78, 5) is 12.5. The van der Waals surface area contributed by atoms with E-state index in [1.807, 2.05) is 25.1 Å². The third-order valence-electron chi connectivity index (χ3n) is 4.08. The Bertz CT molecular complexity index is 993. The van der Waals surface area contributed by atoms with Gasteiger partial charge in [-0.15, -0.1) is 10.2 Å². The van der Waals surface area contributed by atoms with Gasteiger partial charge < -0.3 is 20.1 Å². The number of amides is 1. The molecule has 0 aliphatic carbocycles. The van der Waals surface area contributed by atoms with Crippen LogP contribution in [0.4, 0.5) is 17.2 Å². The Morgan fingerprint density at radius 2 is 1.82 bits per heavy atom. The van der Waals surface area contributed by atoms with Gasteiger partial charge in [-0.05, 0) is 48.9 Å². The van der Waals surface area contributed by atoms with Crippen LogP contribution in [-0.2, 0) is 0 Å². The number of anilines is 3. The second-order valence-corrected chi connectivity index (χ2v) is 6.27. The monoisotopic (exact) mass is 398 g/mol. The summed E-state index contributed by atoms with van der Waals surface area (Å²) in [5, 5.41) is 14.6. The molecule has 3 aromatic rings. The van der Waals surface area contributed by atoms with Gasteiger partial charge in [0.25, 0.3) is 5.91 Å². The molecule has 0 saturated carbocycles. The van der Waals surface area contributed by atoms with Gasteiger partial charge in [0.2, 0.25) is 0 Å². The Labute approximate surface area is 167 Å². The molecule has 0 unspecified atom stereocenters. The third-order valence-corrected chi connectivity index (χ3v) is 4.49. The van der Waals surface area contributed by atoms with Crippen LogP contribution in [0.2, 0.25) is 5.02 Å². The number of nitrogens with one attached hydrogen (secondary N) is 2. The van der Waals surface area contributed by atoms with Gasteiger partial charge in [0.15, 0.2) is 11.5 Å². The van der Waals surface area contributed by atoms with Crippen LogP contribution < -0.4 is 20.1 Å². The van der Waals surface area contributed by atoms with Gasteiger partial charge in [0.05, 0.1) is 19.9 Å². The third kappa shape index (κ3) is 4.32. The van der Waals surface area contributed by atoms with E-state index in [1.165, 1.54) is 7.11 Å². The van der Waals surface area contributed by atoms with Crippen molar-refractivity contribution in [3.8, 4) is 11.5 Å². The average Bonchev–Trinajstić information content (AvgIpc) is 2.72. The fourth-order valence-corrected chi connectivity index (χ4v) is 2.66. The SMILES string of the molecule is COc1ccc(NC(=O)c2ccc(Nc3cccc(Cl)c3C)nn2)c(OC)c1. The van der Waals surface area contributed by atoms with Crippen molar-refractivity contribution in [3.05, 3.63) is 64.8 Å². The molecule has 0 atom stereocenters. The van der Waals surface area contributed by atoms with Crippen LogP contribution in [0.3, 0.4) is 0 Å². The lowest BCUT2D eigenvalue weighted by atomic mass is 10.2. The molecule has 3 rings (SSSR count). The normalized spacial score (nSPS) is 10.3. The number of carbonyl (C=O) groups excluding carboxylic acids is 1. The van der Waals surface area contributed by atoms with E-state index in [0.29, 0.717) is 28.0 Å². The number of ether oxygens (including phenoxy) is 2. The van der Waals surface area contributed by atoms with Gasteiger partial charge in [0.1, 0.15) is 11.5 Å². The Morgan fingerprint density at radius 3 is 2.50 bits per heavy atom. The number of rotatable bonds is 6. The number of nitrogens with zero attached hydrogens (tertiary/aromatic N) is 2. The number of aromatic nitrogens is 2. The Balaban J connectivity index is 1.73. The molecule has 2 N–H and O–H groups in total. The summed E-state index contributed by atoms with van der Waals surface area (Å²) in [6.07, 6.45) is 0. The first-order chi connectivity index (χ1) is 13.5. The maximum absolute atomic E-state index is 12.5. The predicted molar refractivity (Wildman–Crippen MR) is 109 cm³/mol. The first-order valence-electron chi connectivity index (χ1n) is 8.41. The minimum atomic E-state index is -0.401. The lowest BCUT2D eigenvalue weighted by Gasteiger charge is -2.12. The maximum atomic E-state index is 12.5. The van der Waals surface area contributed by atoms with Crippen molar-refractivity contribution >= 4 is 34.7 Å². The summed E-state index contributed by atoms with van der Waals surface area (Å²) < 4.78 is 10.4. The van der Waals surface area contributed by atoms with E-state index in [2.05, 4.69) is 20.8 Å². The number of halogens is 1. The van der Waals surface area contributed by atoms with Crippen LogP contribution in [-0.4, -0.2) is 30.3 Å². The standard InChI is InChI=1S/C20H19ClN4O3/c1-12-14(21)5-4-6-15(12)22-19-10-9-17(24-25-19)20(26)23-16-8-7-13(27-2)11-18(16)28-3/h4-11H,1-3H3,(H,22,25)(H,23,26). The van der Waals surface area contributed by atoms with Crippen molar-refractivity contribution in [1.82, 2.24) is 10.2 Å². The molecule has 144 valence electrons. The topological polar surface area (TPSA) is 85.4 Å². The first-order valence-corrected chi connectivity index (χ1v) is 8.79. The molecule has 0 aliphatic heterocycles. The zero-order valence-electron chi connectivity index (χ0n) is 15.6. The molecule has 28 heavy (non-hydrogen) atoms. The van der Waals surface area contributed by atoms with Crippen LogP contribution in [0, 0.1) is 6.92 Å². The van der Waals surface area contributed by atoms with Crippen LogP contribution in [0.1, 0.15) is 16.1 Å². The Kier molecular flexibility index (Phi) is 5.96. The van der Waals surface area contributed by atoms with E-state index in [9.17, 15) is 4.79 Å². The molecule has 7 nitrogen and oxygen atoms in total. The summed E-state index contributed by atoms with van der Waals surface area (Å²) in [7, 11) is 3.08. The fraction of sp³-hybridized carbons (Fsp3) is 0.150. The van der Waals surface area contributed by atoms with E-state index in [4.69, 9.17) is 21.1 Å². The van der Waals surface area contributed by atoms with E-state index in [1.54, 1.807) is 37.4 Å². The minimum absolute atomic E-state index is 0.172. The molecular formula is C20H19ClN4O3. The van der Waals surface area contributed by atoms with E-state index in [-0.39, 0.29) is 5.69 Å². The van der Waals surface area contributed by atoms with Crippen molar-refractivity contribution in [3.63, 3.8) is 0 Å². The highest BCUT2D eigenvalue weighted by atomic mass is 35.5. The number of methoxy groups -OCH3 is 2. The summed E-state index contributed by atoms with van der Waals surface area (Å²) in [5.74, 6) is 1.21. The molecule has 1 aromatic heterocycles. The van der Waals surface area contributed by atoms with Gasteiger partial charge in [-0.3, -0.25) is 4.79 Å². The number of carbonyl (C=O) groups is 1. The molecule has 2 aromatic carbocycles. The second-order valence-electron chi connectivity index (χ2n) is 5.86. The van der Waals surface area contributed by atoms with Crippen LogP contribution >= 0.6 is 11.6 Å². The number of hydrogen-bond donors (Lipinski definition) is 2. The number of benzene rings is 2. The van der Waals surface area contributed by atoms with Crippen LogP contribution in [0.15, 0.2) is 48.5 Å². The molecule has 0 fully saturated rings. The average molecular weight is 399 g/mol. The highest BCUT2D eigenvalue weighted by Gasteiger charge is 2.13. The zero-order valence-corrected chi connectivity index (χ0v) is 16.4. The van der Waals surface area contributed by atoms with Gasteiger partial charge >= 0.3 is 0 Å². The molecule has 0 bridgehead atoms. The highest BCUT2D eigenvalue weighted by molar-refractivity contribution is 6.31.